The van der Waals surface area contributed by atoms with E-state index in [2.05, 4.69) is 25.3 Å². The summed E-state index contributed by atoms with van der Waals surface area (Å²) < 4.78 is 0. The van der Waals surface area contributed by atoms with Crippen molar-refractivity contribution in [1.29, 1.82) is 0 Å². The Bertz CT molecular complexity index is 203. The molecular formula is C13H25NO. The zero-order valence-electron chi connectivity index (χ0n) is 10.3. The number of aliphatic hydroxyl groups is 1. The molecule has 0 radical (unpaired) electrons. The molecule has 1 saturated heterocycles. The molecule has 1 aliphatic heterocycles. The molecule has 0 aromatic carbocycles. The van der Waals surface area contributed by atoms with Crippen LogP contribution in [-0.2, 0) is 0 Å². The van der Waals surface area contributed by atoms with Gasteiger partial charge < -0.3 is 10.0 Å². The van der Waals surface area contributed by atoms with E-state index in [1.807, 2.05) is 13.0 Å². The van der Waals surface area contributed by atoms with Gasteiger partial charge in [-0.15, -0.1) is 6.58 Å². The van der Waals surface area contributed by atoms with Crippen LogP contribution >= 0.6 is 0 Å². The number of nitrogens with zero attached hydrogens (tertiary/aromatic N) is 1. The minimum atomic E-state index is -0.156. The fourth-order valence-electron chi connectivity index (χ4n) is 2.40. The highest BCUT2D eigenvalue weighted by Crippen LogP contribution is 2.25. The first-order chi connectivity index (χ1) is 7.06. The van der Waals surface area contributed by atoms with Crippen LogP contribution in [0.1, 0.15) is 33.6 Å². The lowest BCUT2D eigenvalue weighted by atomic mass is 9.98. The SMILES string of the molecule is C=CCC(C)C(C)N1CCC(C(C)O)C1. The molecule has 1 rings (SSSR count). The van der Waals surface area contributed by atoms with Gasteiger partial charge in [-0.1, -0.05) is 13.0 Å². The molecule has 0 aromatic rings. The number of likely N-dealkylation sites (tertiary alicyclic amines) is 1. The van der Waals surface area contributed by atoms with E-state index < -0.39 is 0 Å². The molecule has 0 amide bonds. The Balaban J connectivity index is 2.42. The van der Waals surface area contributed by atoms with E-state index in [9.17, 15) is 5.11 Å². The average Bonchev–Trinajstić information content (AvgIpc) is 2.65. The van der Waals surface area contributed by atoms with Crippen molar-refractivity contribution in [2.24, 2.45) is 11.8 Å². The Hall–Kier alpha value is -0.340. The third-order valence-corrected chi connectivity index (χ3v) is 3.88. The Kier molecular flexibility index (Phi) is 4.81. The Labute approximate surface area is 94.0 Å². The molecule has 0 aliphatic carbocycles. The van der Waals surface area contributed by atoms with E-state index in [0.29, 0.717) is 17.9 Å². The highest BCUT2D eigenvalue weighted by atomic mass is 16.3. The summed E-state index contributed by atoms with van der Waals surface area (Å²) in [6.07, 6.45) is 4.07. The summed E-state index contributed by atoms with van der Waals surface area (Å²) in [7, 11) is 0. The zero-order valence-corrected chi connectivity index (χ0v) is 10.3. The van der Waals surface area contributed by atoms with Crippen molar-refractivity contribution in [3.8, 4) is 0 Å². The summed E-state index contributed by atoms with van der Waals surface area (Å²) in [4.78, 5) is 2.51. The molecule has 4 atom stereocenters. The maximum absolute atomic E-state index is 9.55. The van der Waals surface area contributed by atoms with Crippen LogP contribution in [0.4, 0.5) is 0 Å². The summed E-state index contributed by atoms with van der Waals surface area (Å²) in [5.74, 6) is 1.14. The van der Waals surface area contributed by atoms with Crippen LogP contribution < -0.4 is 0 Å². The maximum atomic E-state index is 9.55. The largest absolute Gasteiger partial charge is 0.393 e. The van der Waals surface area contributed by atoms with Gasteiger partial charge in [0.25, 0.3) is 0 Å². The lowest BCUT2D eigenvalue weighted by Gasteiger charge is -2.29. The quantitative estimate of drug-likeness (QED) is 0.705. The second kappa shape index (κ2) is 5.66. The van der Waals surface area contributed by atoms with E-state index in [1.54, 1.807) is 0 Å². The average molecular weight is 211 g/mol. The molecule has 0 aromatic heterocycles. The number of aliphatic hydroxyl groups excluding tert-OH is 1. The van der Waals surface area contributed by atoms with Crippen molar-refractivity contribution in [3.63, 3.8) is 0 Å². The number of rotatable bonds is 5. The fourth-order valence-corrected chi connectivity index (χ4v) is 2.40. The van der Waals surface area contributed by atoms with Crippen LogP contribution in [-0.4, -0.2) is 35.2 Å². The van der Waals surface area contributed by atoms with Crippen LogP contribution in [0.3, 0.4) is 0 Å². The normalized spacial score (nSPS) is 28.7. The monoisotopic (exact) mass is 211 g/mol. The number of hydrogen-bond donors (Lipinski definition) is 1. The molecule has 1 fully saturated rings. The molecule has 2 nitrogen and oxygen atoms in total. The minimum absolute atomic E-state index is 0.156. The van der Waals surface area contributed by atoms with E-state index >= 15 is 0 Å². The zero-order chi connectivity index (χ0) is 11.4. The van der Waals surface area contributed by atoms with Gasteiger partial charge in [-0.3, -0.25) is 0 Å². The van der Waals surface area contributed by atoms with Crippen LogP contribution in [0.25, 0.3) is 0 Å². The van der Waals surface area contributed by atoms with E-state index in [4.69, 9.17) is 0 Å². The summed E-state index contributed by atoms with van der Waals surface area (Å²) in [5.41, 5.74) is 0. The first-order valence-corrected chi connectivity index (χ1v) is 6.09. The predicted octanol–water partition coefficient (Wildman–Crippen LogP) is 2.29. The van der Waals surface area contributed by atoms with Gasteiger partial charge in [-0.05, 0) is 45.1 Å². The molecule has 88 valence electrons. The van der Waals surface area contributed by atoms with Crippen LogP contribution in [0, 0.1) is 11.8 Å². The molecule has 1 aliphatic rings. The van der Waals surface area contributed by atoms with Gasteiger partial charge in [0, 0.05) is 12.6 Å². The van der Waals surface area contributed by atoms with Crippen LogP contribution in [0.15, 0.2) is 12.7 Å². The molecule has 1 N–H and O–H groups in total. The Morgan fingerprint density at radius 3 is 2.60 bits per heavy atom. The number of hydrogen-bond acceptors (Lipinski definition) is 2. The highest BCUT2D eigenvalue weighted by molar-refractivity contribution is 4.85. The van der Waals surface area contributed by atoms with Gasteiger partial charge in [0.1, 0.15) is 0 Å². The summed E-state index contributed by atoms with van der Waals surface area (Å²) in [6.45, 7) is 12.5. The van der Waals surface area contributed by atoms with Gasteiger partial charge in [-0.25, -0.2) is 0 Å². The lowest BCUT2D eigenvalue weighted by Crippen LogP contribution is -2.36. The standard InChI is InChI=1S/C13H25NO/c1-5-6-10(2)11(3)14-8-7-13(9-14)12(4)15/h5,10-13,15H,1,6-9H2,2-4H3. The van der Waals surface area contributed by atoms with Gasteiger partial charge in [0.2, 0.25) is 0 Å². The molecular weight excluding hydrogens is 186 g/mol. The van der Waals surface area contributed by atoms with Crippen molar-refractivity contribution in [3.05, 3.63) is 12.7 Å². The highest BCUT2D eigenvalue weighted by Gasteiger charge is 2.30. The van der Waals surface area contributed by atoms with Crippen molar-refractivity contribution < 1.29 is 5.11 Å². The van der Waals surface area contributed by atoms with Gasteiger partial charge in [0.05, 0.1) is 6.10 Å². The van der Waals surface area contributed by atoms with E-state index in [0.717, 1.165) is 25.9 Å². The molecule has 0 saturated carbocycles. The third-order valence-electron chi connectivity index (χ3n) is 3.88. The van der Waals surface area contributed by atoms with Crippen molar-refractivity contribution >= 4 is 0 Å². The van der Waals surface area contributed by atoms with Gasteiger partial charge in [0.15, 0.2) is 0 Å². The van der Waals surface area contributed by atoms with Crippen molar-refractivity contribution in [1.82, 2.24) is 4.90 Å². The predicted molar refractivity (Wildman–Crippen MR) is 64.8 cm³/mol. The van der Waals surface area contributed by atoms with Gasteiger partial charge >= 0.3 is 0 Å². The van der Waals surface area contributed by atoms with Crippen LogP contribution in [0.2, 0.25) is 0 Å². The molecule has 15 heavy (non-hydrogen) atoms. The second-order valence-corrected chi connectivity index (χ2v) is 5.03. The van der Waals surface area contributed by atoms with E-state index in [1.165, 1.54) is 0 Å². The van der Waals surface area contributed by atoms with E-state index in [-0.39, 0.29) is 6.10 Å². The first kappa shape index (κ1) is 12.7. The topological polar surface area (TPSA) is 23.5 Å². The molecule has 4 unspecified atom stereocenters. The third kappa shape index (κ3) is 3.32. The first-order valence-electron chi connectivity index (χ1n) is 6.09. The lowest BCUT2D eigenvalue weighted by molar-refractivity contribution is 0.117. The minimum Gasteiger partial charge on any atom is -0.393 e. The Morgan fingerprint density at radius 1 is 1.47 bits per heavy atom. The van der Waals surface area contributed by atoms with Crippen molar-refractivity contribution in [2.75, 3.05) is 13.1 Å². The smallest absolute Gasteiger partial charge is 0.0552 e. The molecule has 0 spiro atoms. The molecule has 0 bridgehead atoms. The summed E-state index contributed by atoms with van der Waals surface area (Å²) in [6, 6.07) is 0.603. The summed E-state index contributed by atoms with van der Waals surface area (Å²) >= 11 is 0. The van der Waals surface area contributed by atoms with Crippen LogP contribution in [0.5, 0.6) is 0 Å². The molecule has 2 heteroatoms. The second-order valence-electron chi connectivity index (χ2n) is 5.03. The maximum Gasteiger partial charge on any atom is 0.0552 e. The molecule has 1 heterocycles. The van der Waals surface area contributed by atoms with Crippen molar-refractivity contribution in [2.45, 2.75) is 45.8 Å². The Morgan fingerprint density at radius 2 is 2.13 bits per heavy atom. The number of allylic oxidation sites excluding steroid dienone is 1. The fraction of sp³-hybridized carbons (Fsp3) is 0.846. The summed E-state index contributed by atoms with van der Waals surface area (Å²) in [5, 5.41) is 9.55. The van der Waals surface area contributed by atoms with Gasteiger partial charge in [-0.2, -0.15) is 0 Å².